The second-order valence-electron chi connectivity index (χ2n) is 5.19. The lowest BCUT2D eigenvalue weighted by Crippen LogP contribution is -2.05. The van der Waals surface area contributed by atoms with Crippen LogP contribution in [0.3, 0.4) is 0 Å². The number of hydrogen-bond acceptors (Lipinski definition) is 3. The smallest absolute Gasteiger partial charge is 0.339 e. The highest BCUT2D eigenvalue weighted by molar-refractivity contribution is 6.07. The molecule has 2 heterocycles. The predicted octanol–water partition coefficient (Wildman–Crippen LogP) is 4.08. The zero-order valence-electron chi connectivity index (χ0n) is 11.8. The van der Waals surface area contributed by atoms with Gasteiger partial charge >= 0.3 is 5.63 Å². The van der Waals surface area contributed by atoms with Gasteiger partial charge in [-0.05, 0) is 57.4 Å². The van der Waals surface area contributed by atoms with Crippen molar-refractivity contribution in [1.82, 2.24) is 0 Å². The molecule has 0 fully saturated rings. The van der Waals surface area contributed by atoms with Crippen LogP contribution in [-0.2, 0) is 0 Å². The van der Waals surface area contributed by atoms with Gasteiger partial charge < -0.3 is 8.83 Å². The van der Waals surface area contributed by atoms with Gasteiger partial charge in [-0.2, -0.15) is 0 Å². The molecule has 0 radical (unpaired) electrons. The SMILES string of the molecule is Cc1oc2c(c(C)cc3oc(=O)c(C)c(C)c32)c1C. The monoisotopic (exact) mass is 256 g/mol. The van der Waals surface area contributed by atoms with E-state index in [1.165, 1.54) is 0 Å². The van der Waals surface area contributed by atoms with Crippen LogP contribution in [0.25, 0.3) is 21.9 Å². The number of fused-ring (bicyclic) bond motifs is 3. The molecule has 0 unspecified atom stereocenters. The number of rotatable bonds is 0. The molecule has 1 aromatic carbocycles. The minimum atomic E-state index is -0.274. The fourth-order valence-electron chi connectivity index (χ4n) is 2.68. The van der Waals surface area contributed by atoms with E-state index in [9.17, 15) is 4.79 Å². The number of furan rings is 1. The largest absolute Gasteiger partial charge is 0.460 e. The minimum Gasteiger partial charge on any atom is -0.460 e. The second kappa shape index (κ2) is 3.73. The average Bonchev–Trinajstić information content (AvgIpc) is 2.63. The van der Waals surface area contributed by atoms with Crippen molar-refractivity contribution < 1.29 is 8.83 Å². The minimum absolute atomic E-state index is 0.274. The maximum atomic E-state index is 11.8. The van der Waals surface area contributed by atoms with Crippen LogP contribution < -0.4 is 5.63 Å². The van der Waals surface area contributed by atoms with Gasteiger partial charge in [-0.3, -0.25) is 0 Å². The van der Waals surface area contributed by atoms with Gasteiger partial charge in [0.15, 0.2) is 0 Å². The lowest BCUT2D eigenvalue weighted by atomic mass is 10.00. The summed E-state index contributed by atoms with van der Waals surface area (Å²) >= 11 is 0. The van der Waals surface area contributed by atoms with Crippen molar-refractivity contribution in [2.75, 3.05) is 0 Å². The van der Waals surface area contributed by atoms with Gasteiger partial charge in [0.05, 0.1) is 5.39 Å². The van der Waals surface area contributed by atoms with Crippen molar-refractivity contribution in [1.29, 1.82) is 0 Å². The van der Waals surface area contributed by atoms with E-state index in [0.717, 1.165) is 38.8 Å². The van der Waals surface area contributed by atoms with E-state index in [1.54, 1.807) is 6.92 Å². The third kappa shape index (κ3) is 1.47. The molecule has 0 N–H and O–H groups in total. The van der Waals surface area contributed by atoms with Gasteiger partial charge in [0, 0.05) is 10.9 Å². The van der Waals surface area contributed by atoms with Crippen molar-refractivity contribution in [2.24, 2.45) is 0 Å². The fraction of sp³-hybridized carbons (Fsp3) is 0.312. The molecule has 0 amide bonds. The summed E-state index contributed by atoms with van der Waals surface area (Å²) in [6.45, 7) is 9.76. The average molecular weight is 256 g/mol. The number of benzene rings is 1. The van der Waals surface area contributed by atoms with E-state index in [0.29, 0.717) is 11.1 Å². The molecule has 98 valence electrons. The van der Waals surface area contributed by atoms with E-state index >= 15 is 0 Å². The standard InChI is InChI=1S/C16H16O3/c1-7-6-12-14(8(2)9(3)16(17)19-12)15-13(7)10(4)11(5)18-15/h6H,1-5H3. The number of aryl methyl sites for hydroxylation is 4. The lowest BCUT2D eigenvalue weighted by Gasteiger charge is -2.06. The molecule has 0 aliphatic rings. The van der Waals surface area contributed by atoms with Crippen molar-refractivity contribution in [2.45, 2.75) is 34.6 Å². The van der Waals surface area contributed by atoms with Crippen LogP contribution in [0, 0.1) is 34.6 Å². The summed E-state index contributed by atoms with van der Waals surface area (Å²) in [7, 11) is 0. The first-order valence-corrected chi connectivity index (χ1v) is 6.35. The summed E-state index contributed by atoms with van der Waals surface area (Å²) in [5.41, 5.74) is 4.96. The Morgan fingerprint density at radius 3 is 2.21 bits per heavy atom. The number of hydrogen-bond donors (Lipinski definition) is 0. The van der Waals surface area contributed by atoms with Gasteiger partial charge in [0.1, 0.15) is 16.9 Å². The highest BCUT2D eigenvalue weighted by Crippen LogP contribution is 2.35. The summed E-state index contributed by atoms with van der Waals surface area (Å²) < 4.78 is 11.3. The summed E-state index contributed by atoms with van der Waals surface area (Å²) in [6, 6.07) is 1.92. The molecule has 3 rings (SSSR count). The summed E-state index contributed by atoms with van der Waals surface area (Å²) in [5.74, 6) is 0.911. The molecule has 3 aromatic rings. The topological polar surface area (TPSA) is 43.4 Å². The fourth-order valence-corrected chi connectivity index (χ4v) is 2.68. The van der Waals surface area contributed by atoms with E-state index < -0.39 is 0 Å². The summed E-state index contributed by atoms with van der Waals surface area (Å²) in [4.78, 5) is 11.8. The Morgan fingerprint density at radius 2 is 1.53 bits per heavy atom. The Balaban J connectivity index is 2.71. The molecule has 0 saturated carbocycles. The maximum absolute atomic E-state index is 11.8. The Morgan fingerprint density at radius 1 is 0.842 bits per heavy atom. The van der Waals surface area contributed by atoms with Gasteiger partial charge in [-0.1, -0.05) is 0 Å². The second-order valence-corrected chi connectivity index (χ2v) is 5.19. The van der Waals surface area contributed by atoms with Gasteiger partial charge in [0.2, 0.25) is 0 Å². The predicted molar refractivity (Wildman–Crippen MR) is 75.9 cm³/mol. The van der Waals surface area contributed by atoms with Crippen molar-refractivity contribution >= 4 is 21.9 Å². The zero-order valence-corrected chi connectivity index (χ0v) is 11.8. The molecular formula is C16H16O3. The summed E-state index contributed by atoms with van der Waals surface area (Å²) in [5, 5.41) is 2.04. The maximum Gasteiger partial charge on any atom is 0.339 e. The molecule has 0 spiro atoms. The van der Waals surface area contributed by atoms with E-state index in [1.807, 2.05) is 26.8 Å². The normalized spacial score (nSPS) is 11.6. The third-order valence-corrected chi connectivity index (χ3v) is 4.05. The van der Waals surface area contributed by atoms with Crippen LogP contribution in [0.15, 0.2) is 19.7 Å². The molecule has 3 heteroatoms. The molecule has 0 atom stereocenters. The van der Waals surface area contributed by atoms with Crippen LogP contribution in [0.5, 0.6) is 0 Å². The molecular weight excluding hydrogens is 240 g/mol. The van der Waals surface area contributed by atoms with E-state index in [2.05, 4.69) is 6.92 Å². The Labute approximate surface area is 110 Å². The first kappa shape index (κ1) is 12.0. The quantitative estimate of drug-likeness (QED) is 0.569. The Hall–Kier alpha value is -2.03. The Bertz CT molecular complexity index is 879. The van der Waals surface area contributed by atoms with E-state index in [4.69, 9.17) is 8.83 Å². The first-order chi connectivity index (χ1) is 8.91. The Kier molecular flexibility index (Phi) is 2.36. The highest BCUT2D eigenvalue weighted by atomic mass is 16.4. The van der Waals surface area contributed by atoms with Crippen molar-refractivity contribution in [3.63, 3.8) is 0 Å². The van der Waals surface area contributed by atoms with Crippen molar-refractivity contribution in [3.8, 4) is 0 Å². The summed E-state index contributed by atoms with van der Waals surface area (Å²) in [6.07, 6.45) is 0. The lowest BCUT2D eigenvalue weighted by molar-refractivity contribution is 0.550. The van der Waals surface area contributed by atoms with Crippen LogP contribution >= 0.6 is 0 Å². The molecule has 3 nitrogen and oxygen atoms in total. The molecule has 0 saturated heterocycles. The molecule has 0 bridgehead atoms. The molecule has 0 aliphatic heterocycles. The van der Waals surface area contributed by atoms with Crippen LogP contribution in [0.4, 0.5) is 0 Å². The van der Waals surface area contributed by atoms with Crippen LogP contribution in [-0.4, -0.2) is 0 Å². The van der Waals surface area contributed by atoms with Gasteiger partial charge in [-0.15, -0.1) is 0 Å². The van der Waals surface area contributed by atoms with Gasteiger partial charge in [0.25, 0.3) is 0 Å². The molecule has 19 heavy (non-hydrogen) atoms. The van der Waals surface area contributed by atoms with Crippen LogP contribution in [0.2, 0.25) is 0 Å². The first-order valence-electron chi connectivity index (χ1n) is 6.35. The van der Waals surface area contributed by atoms with Crippen molar-refractivity contribution in [3.05, 3.63) is 44.5 Å². The highest BCUT2D eigenvalue weighted by Gasteiger charge is 2.17. The van der Waals surface area contributed by atoms with Crippen LogP contribution in [0.1, 0.15) is 28.0 Å². The van der Waals surface area contributed by atoms with Gasteiger partial charge in [-0.25, -0.2) is 4.79 Å². The van der Waals surface area contributed by atoms with E-state index in [-0.39, 0.29) is 5.63 Å². The zero-order chi connectivity index (χ0) is 13.9. The molecule has 2 aromatic heterocycles. The third-order valence-electron chi connectivity index (χ3n) is 4.05. The molecule has 0 aliphatic carbocycles.